The second-order valence-electron chi connectivity index (χ2n) is 6.01. The lowest BCUT2D eigenvalue weighted by Crippen LogP contribution is -2.30. The smallest absolute Gasteiger partial charge is 0.319 e. The first kappa shape index (κ1) is 16.8. The van der Waals surface area contributed by atoms with E-state index in [-0.39, 0.29) is 19.2 Å². The number of anilines is 1. The molecular formula is C17H26N2O3. The molecule has 1 saturated carbocycles. The largest absolute Gasteiger partial charge is 0.395 e. The second kappa shape index (κ2) is 8.76. The fourth-order valence-corrected chi connectivity index (χ4v) is 2.83. The predicted octanol–water partition coefficient (Wildman–Crippen LogP) is 2.90. The van der Waals surface area contributed by atoms with Crippen LogP contribution in [0.1, 0.15) is 38.2 Å². The molecule has 0 heterocycles. The molecule has 1 aliphatic rings. The first-order chi connectivity index (χ1) is 10.7. The molecule has 22 heavy (non-hydrogen) atoms. The Bertz CT molecular complexity index is 479. The van der Waals surface area contributed by atoms with Crippen LogP contribution in [-0.4, -0.2) is 30.4 Å². The van der Waals surface area contributed by atoms with E-state index in [9.17, 15) is 4.79 Å². The van der Waals surface area contributed by atoms with E-state index in [0.717, 1.165) is 30.0 Å². The summed E-state index contributed by atoms with van der Waals surface area (Å²) in [5.41, 5.74) is 1.78. The van der Waals surface area contributed by atoms with Gasteiger partial charge in [-0.25, -0.2) is 4.79 Å². The molecule has 0 bridgehead atoms. The van der Waals surface area contributed by atoms with Crippen LogP contribution in [0.25, 0.3) is 0 Å². The maximum Gasteiger partial charge on any atom is 0.319 e. The molecule has 5 heteroatoms. The van der Waals surface area contributed by atoms with Gasteiger partial charge in [-0.3, -0.25) is 0 Å². The number of hydrogen-bond acceptors (Lipinski definition) is 3. The van der Waals surface area contributed by atoms with Crippen molar-refractivity contribution in [1.29, 1.82) is 0 Å². The minimum Gasteiger partial charge on any atom is -0.395 e. The molecule has 122 valence electrons. The number of nitrogens with one attached hydrogen (secondary N) is 2. The van der Waals surface area contributed by atoms with Gasteiger partial charge in [-0.2, -0.15) is 0 Å². The molecule has 0 saturated heterocycles. The van der Waals surface area contributed by atoms with Crippen LogP contribution >= 0.6 is 0 Å². The number of ether oxygens (including phenoxy) is 1. The van der Waals surface area contributed by atoms with Crippen molar-refractivity contribution < 1.29 is 14.6 Å². The number of rotatable bonds is 6. The Kier molecular flexibility index (Phi) is 6.68. The van der Waals surface area contributed by atoms with Crippen molar-refractivity contribution in [2.45, 2.75) is 45.3 Å². The van der Waals surface area contributed by atoms with Gasteiger partial charge in [0.2, 0.25) is 0 Å². The molecule has 1 aromatic rings. The molecule has 0 aromatic heterocycles. The summed E-state index contributed by atoms with van der Waals surface area (Å²) in [7, 11) is 0. The standard InChI is InChI=1S/C17H26N2O3/c1-13-4-2-7-16(10-13)22-12-14-5-3-6-15(11-14)19-17(21)18-8-9-20/h3,5-6,11,13,16,20H,2,4,7-10,12H2,1H3,(H2,18,19,21). The summed E-state index contributed by atoms with van der Waals surface area (Å²) >= 11 is 0. The van der Waals surface area contributed by atoms with Crippen LogP contribution in [-0.2, 0) is 11.3 Å². The van der Waals surface area contributed by atoms with Gasteiger partial charge >= 0.3 is 6.03 Å². The monoisotopic (exact) mass is 306 g/mol. The van der Waals surface area contributed by atoms with Gasteiger partial charge in [0.05, 0.1) is 19.3 Å². The van der Waals surface area contributed by atoms with Crippen LogP contribution in [0, 0.1) is 5.92 Å². The van der Waals surface area contributed by atoms with Crippen LogP contribution in [0.15, 0.2) is 24.3 Å². The average molecular weight is 306 g/mol. The molecular weight excluding hydrogens is 280 g/mol. The van der Waals surface area contributed by atoms with E-state index < -0.39 is 0 Å². The lowest BCUT2D eigenvalue weighted by Gasteiger charge is -2.26. The Hall–Kier alpha value is -1.59. The summed E-state index contributed by atoms with van der Waals surface area (Å²) in [6, 6.07) is 7.36. The Morgan fingerprint density at radius 1 is 1.41 bits per heavy atom. The number of carbonyl (C=O) groups is 1. The Labute approximate surface area is 132 Å². The number of benzene rings is 1. The number of urea groups is 1. The highest BCUT2D eigenvalue weighted by Gasteiger charge is 2.19. The van der Waals surface area contributed by atoms with Crippen molar-refractivity contribution >= 4 is 11.7 Å². The van der Waals surface area contributed by atoms with Crippen LogP contribution in [0.3, 0.4) is 0 Å². The van der Waals surface area contributed by atoms with Crippen LogP contribution in [0.5, 0.6) is 0 Å². The maximum atomic E-state index is 11.6. The van der Waals surface area contributed by atoms with Gasteiger partial charge < -0.3 is 20.5 Å². The number of hydrogen-bond donors (Lipinski definition) is 3. The SMILES string of the molecule is CC1CCCC(OCc2cccc(NC(=O)NCCO)c2)C1. The molecule has 0 aliphatic heterocycles. The maximum absolute atomic E-state index is 11.6. The highest BCUT2D eigenvalue weighted by Crippen LogP contribution is 2.26. The Morgan fingerprint density at radius 2 is 2.27 bits per heavy atom. The minimum atomic E-state index is -0.312. The third-order valence-electron chi connectivity index (χ3n) is 3.96. The van der Waals surface area contributed by atoms with Gasteiger partial charge in [0.1, 0.15) is 0 Å². The Morgan fingerprint density at radius 3 is 3.05 bits per heavy atom. The molecule has 1 aromatic carbocycles. The quantitative estimate of drug-likeness (QED) is 0.757. The molecule has 2 atom stereocenters. The number of aliphatic hydroxyl groups is 1. The van der Waals surface area contributed by atoms with Crippen molar-refractivity contribution in [1.82, 2.24) is 5.32 Å². The van der Waals surface area contributed by atoms with E-state index >= 15 is 0 Å². The van der Waals surface area contributed by atoms with Gasteiger partial charge in [-0.1, -0.05) is 31.9 Å². The zero-order valence-corrected chi connectivity index (χ0v) is 13.2. The third kappa shape index (κ3) is 5.66. The topological polar surface area (TPSA) is 70.6 Å². The van der Waals surface area contributed by atoms with Gasteiger partial charge in [0, 0.05) is 12.2 Å². The zero-order chi connectivity index (χ0) is 15.8. The highest BCUT2D eigenvalue weighted by molar-refractivity contribution is 5.89. The van der Waals surface area contributed by atoms with Crippen LogP contribution in [0.2, 0.25) is 0 Å². The molecule has 0 radical (unpaired) electrons. The predicted molar refractivity (Wildman–Crippen MR) is 86.8 cm³/mol. The van der Waals surface area contributed by atoms with E-state index in [1.807, 2.05) is 24.3 Å². The lowest BCUT2D eigenvalue weighted by molar-refractivity contribution is 0.00468. The fraction of sp³-hybridized carbons (Fsp3) is 0.588. The molecule has 0 spiro atoms. The van der Waals surface area contributed by atoms with E-state index in [2.05, 4.69) is 17.6 Å². The van der Waals surface area contributed by atoms with Crippen LogP contribution in [0.4, 0.5) is 10.5 Å². The second-order valence-corrected chi connectivity index (χ2v) is 6.01. The van der Waals surface area contributed by atoms with Crippen LogP contribution < -0.4 is 10.6 Å². The first-order valence-corrected chi connectivity index (χ1v) is 8.03. The summed E-state index contributed by atoms with van der Waals surface area (Å²) in [5.74, 6) is 0.752. The minimum absolute atomic E-state index is 0.0683. The van der Waals surface area contributed by atoms with E-state index in [1.54, 1.807) is 0 Å². The van der Waals surface area contributed by atoms with Gasteiger partial charge in [0.25, 0.3) is 0 Å². The summed E-state index contributed by atoms with van der Waals surface area (Å²) < 4.78 is 6.00. The Balaban J connectivity index is 1.81. The van der Waals surface area contributed by atoms with Gasteiger partial charge in [0.15, 0.2) is 0 Å². The average Bonchev–Trinajstić information content (AvgIpc) is 2.51. The van der Waals surface area contributed by atoms with Crippen molar-refractivity contribution in [2.24, 2.45) is 5.92 Å². The third-order valence-corrected chi connectivity index (χ3v) is 3.96. The molecule has 1 fully saturated rings. The molecule has 1 aliphatic carbocycles. The van der Waals surface area contributed by atoms with Gasteiger partial charge in [-0.05, 0) is 36.5 Å². The lowest BCUT2D eigenvalue weighted by atomic mass is 9.89. The summed E-state index contributed by atoms with van der Waals surface area (Å²) in [6.45, 7) is 3.03. The molecule has 3 N–H and O–H groups in total. The first-order valence-electron chi connectivity index (χ1n) is 8.03. The fourth-order valence-electron chi connectivity index (χ4n) is 2.83. The summed E-state index contributed by atoms with van der Waals surface area (Å²) in [6.07, 6.45) is 5.20. The summed E-state index contributed by atoms with van der Waals surface area (Å²) in [5, 5.41) is 14.0. The number of amides is 2. The van der Waals surface area contributed by atoms with E-state index in [0.29, 0.717) is 12.7 Å². The molecule has 5 nitrogen and oxygen atoms in total. The van der Waals surface area contributed by atoms with Gasteiger partial charge in [-0.15, -0.1) is 0 Å². The molecule has 2 amide bonds. The van der Waals surface area contributed by atoms with Crippen molar-refractivity contribution in [3.05, 3.63) is 29.8 Å². The molecule has 2 rings (SSSR count). The van der Waals surface area contributed by atoms with Crippen molar-refractivity contribution in [3.8, 4) is 0 Å². The number of carbonyl (C=O) groups excluding carboxylic acids is 1. The normalized spacial score (nSPS) is 21.4. The number of aliphatic hydroxyl groups excluding tert-OH is 1. The summed E-state index contributed by atoms with van der Waals surface area (Å²) in [4.78, 5) is 11.6. The molecule has 2 unspecified atom stereocenters. The van der Waals surface area contributed by atoms with Crippen molar-refractivity contribution in [3.63, 3.8) is 0 Å². The highest BCUT2D eigenvalue weighted by atomic mass is 16.5. The zero-order valence-electron chi connectivity index (χ0n) is 13.2. The van der Waals surface area contributed by atoms with E-state index in [1.165, 1.54) is 12.8 Å². The van der Waals surface area contributed by atoms with E-state index in [4.69, 9.17) is 9.84 Å². The van der Waals surface area contributed by atoms with Crippen molar-refractivity contribution in [2.75, 3.05) is 18.5 Å².